The molecule has 0 aliphatic heterocycles. The van der Waals surface area contributed by atoms with E-state index in [9.17, 15) is 18.4 Å². The van der Waals surface area contributed by atoms with Crippen LogP contribution in [0.2, 0.25) is 0 Å². The van der Waals surface area contributed by atoms with E-state index in [0.29, 0.717) is 25.8 Å². The van der Waals surface area contributed by atoms with Gasteiger partial charge in [0.05, 0.1) is 7.11 Å². The van der Waals surface area contributed by atoms with Gasteiger partial charge in [-0.25, -0.2) is 13.6 Å². The Hall–Kier alpha value is -2.18. The molecule has 1 aromatic rings. The van der Waals surface area contributed by atoms with Crippen LogP contribution in [0.15, 0.2) is 18.2 Å². The van der Waals surface area contributed by atoms with Gasteiger partial charge in [0.25, 0.3) is 0 Å². The third-order valence-electron chi connectivity index (χ3n) is 2.77. The minimum atomic E-state index is -0.830. The molecule has 0 spiro atoms. The predicted molar refractivity (Wildman–Crippen MR) is 73.9 cm³/mol. The summed E-state index contributed by atoms with van der Waals surface area (Å²) in [5, 5.41) is 4.61. The first-order valence-electron chi connectivity index (χ1n) is 6.60. The number of urea groups is 1. The number of benzene rings is 1. The molecule has 0 aromatic heterocycles. The number of methoxy groups -OCH3 is 1. The van der Waals surface area contributed by atoms with E-state index in [-0.39, 0.29) is 5.97 Å². The van der Waals surface area contributed by atoms with Crippen molar-refractivity contribution >= 4 is 17.7 Å². The van der Waals surface area contributed by atoms with Crippen molar-refractivity contribution in [3.05, 3.63) is 29.8 Å². The van der Waals surface area contributed by atoms with E-state index in [4.69, 9.17) is 0 Å². The number of unbranched alkanes of at least 4 members (excludes halogenated alkanes) is 2. The normalized spacial score (nSPS) is 10.0. The second kappa shape index (κ2) is 8.89. The fourth-order valence-electron chi connectivity index (χ4n) is 1.65. The van der Waals surface area contributed by atoms with Gasteiger partial charge in [0, 0.05) is 13.0 Å². The molecule has 0 heterocycles. The number of carbonyl (C=O) groups excluding carboxylic acids is 2. The minimum Gasteiger partial charge on any atom is -0.469 e. The van der Waals surface area contributed by atoms with E-state index < -0.39 is 23.4 Å². The maximum atomic E-state index is 13.3. The molecule has 0 radical (unpaired) electrons. The lowest BCUT2D eigenvalue weighted by molar-refractivity contribution is -0.140. The van der Waals surface area contributed by atoms with Crippen LogP contribution in [0.1, 0.15) is 25.7 Å². The molecule has 0 unspecified atom stereocenters. The molecule has 0 aliphatic carbocycles. The van der Waals surface area contributed by atoms with Gasteiger partial charge in [0.15, 0.2) is 0 Å². The Labute approximate surface area is 121 Å². The Morgan fingerprint density at radius 1 is 1.14 bits per heavy atom. The van der Waals surface area contributed by atoms with Crippen LogP contribution in [0.5, 0.6) is 0 Å². The summed E-state index contributed by atoms with van der Waals surface area (Å²) in [4.78, 5) is 22.3. The molecule has 0 bridgehead atoms. The molecule has 5 nitrogen and oxygen atoms in total. The molecular weight excluding hydrogens is 282 g/mol. The molecule has 0 saturated heterocycles. The fourth-order valence-corrected chi connectivity index (χ4v) is 1.65. The number of anilines is 1. The Morgan fingerprint density at radius 3 is 2.43 bits per heavy atom. The van der Waals surface area contributed by atoms with E-state index in [1.807, 2.05) is 0 Å². The third kappa shape index (κ3) is 6.20. The quantitative estimate of drug-likeness (QED) is 0.601. The van der Waals surface area contributed by atoms with Crippen LogP contribution in [-0.2, 0) is 9.53 Å². The maximum absolute atomic E-state index is 13.3. The first-order valence-corrected chi connectivity index (χ1v) is 6.60. The zero-order valence-corrected chi connectivity index (χ0v) is 11.7. The summed E-state index contributed by atoms with van der Waals surface area (Å²) in [6, 6.07) is 2.67. The van der Waals surface area contributed by atoms with Crippen LogP contribution in [0.3, 0.4) is 0 Å². The van der Waals surface area contributed by atoms with Crippen LogP contribution in [0, 0.1) is 11.6 Å². The predicted octanol–water partition coefficient (Wildman–Crippen LogP) is 2.82. The Bertz CT molecular complexity index is 475. The number of carbonyl (C=O) groups is 2. The van der Waals surface area contributed by atoms with Crippen LogP contribution >= 0.6 is 0 Å². The van der Waals surface area contributed by atoms with Crippen LogP contribution in [0.25, 0.3) is 0 Å². The molecule has 0 aliphatic rings. The van der Waals surface area contributed by atoms with Gasteiger partial charge in [-0.05, 0) is 25.0 Å². The highest BCUT2D eigenvalue weighted by molar-refractivity contribution is 5.89. The molecule has 2 amide bonds. The second-order valence-corrected chi connectivity index (χ2v) is 4.36. The van der Waals surface area contributed by atoms with Crippen molar-refractivity contribution in [2.45, 2.75) is 25.7 Å². The summed E-state index contributed by atoms with van der Waals surface area (Å²) < 4.78 is 31.1. The summed E-state index contributed by atoms with van der Waals surface area (Å²) >= 11 is 0. The van der Waals surface area contributed by atoms with Gasteiger partial charge >= 0.3 is 12.0 Å². The average Bonchev–Trinajstić information content (AvgIpc) is 2.46. The smallest absolute Gasteiger partial charge is 0.319 e. The van der Waals surface area contributed by atoms with Gasteiger partial charge in [-0.15, -0.1) is 0 Å². The highest BCUT2D eigenvalue weighted by Crippen LogP contribution is 2.17. The number of esters is 1. The maximum Gasteiger partial charge on any atom is 0.319 e. The van der Waals surface area contributed by atoms with Crippen molar-refractivity contribution in [3.63, 3.8) is 0 Å². The molecule has 1 aromatic carbocycles. The van der Waals surface area contributed by atoms with Crippen molar-refractivity contribution in [1.82, 2.24) is 5.32 Å². The Kier molecular flexibility index (Phi) is 7.14. The highest BCUT2D eigenvalue weighted by atomic mass is 19.1. The SMILES string of the molecule is COC(=O)CCCCCNC(=O)Nc1c(F)cccc1F. The summed E-state index contributed by atoms with van der Waals surface area (Å²) in [6.45, 7) is 0.350. The van der Waals surface area contributed by atoms with Crippen LogP contribution < -0.4 is 10.6 Å². The van der Waals surface area contributed by atoms with E-state index >= 15 is 0 Å². The largest absolute Gasteiger partial charge is 0.469 e. The number of halogens is 2. The van der Waals surface area contributed by atoms with Crippen molar-refractivity contribution < 1.29 is 23.1 Å². The molecule has 2 N–H and O–H groups in total. The summed E-state index contributed by atoms with van der Waals surface area (Å²) in [5.41, 5.74) is -0.472. The number of hydrogen-bond acceptors (Lipinski definition) is 3. The molecular formula is C14H18F2N2O3. The topological polar surface area (TPSA) is 67.4 Å². The molecule has 0 fully saturated rings. The number of hydrogen-bond donors (Lipinski definition) is 2. The van der Waals surface area contributed by atoms with Crippen molar-refractivity contribution in [2.24, 2.45) is 0 Å². The number of para-hydroxylation sites is 1. The number of rotatable bonds is 7. The summed E-state index contributed by atoms with van der Waals surface area (Å²) in [7, 11) is 1.33. The molecule has 116 valence electrons. The molecule has 7 heteroatoms. The van der Waals surface area contributed by atoms with Crippen molar-refractivity contribution in [2.75, 3.05) is 19.0 Å². The van der Waals surface area contributed by atoms with Gasteiger partial charge < -0.3 is 15.4 Å². The van der Waals surface area contributed by atoms with E-state index in [1.54, 1.807) is 0 Å². The van der Waals surface area contributed by atoms with Gasteiger partial charge in [0.2, 0.25) is 0 Å². The van der Waals surface area contributed by atoms with E-state index in [1.165, 1.54) is 13.2 Å². The number of amides is 2. The molecule has 21 heavy (non-hydrogen) atoms. The van der Waals surface area contributed by atoms with Gasteiger partial charge in [-0.1, -0.05) is 12.5 Å². The zero-order chi connectivity index (χ0) is 15.7. The number of ether oxygens (including phenoxy) is 1. The summed E-state index contributed by atoms with van der Waals surface area (Å²) in [6.07, 6.45) is 2.40. The van der Waals surface area contributed by atoms with Crippen molar-refractivity contribution in [3.8, 4) is 0 Å². The zero-order valence-electron chi connectivity index (χ0n) is 11.7. The minimum absolute atomic E-state index is 0.268. The summed E-state index contributed by atoms with van der Waals surface area (Å²) in [5.74, 6) is -1.93. The lowest BCUT2D eigenvalue weighted by atomic mass is 10.2. The van der Waals surface area contributed by atoms with Gasteiger partial charge in [-0.3, -0.25) is 4.79 Å². The molecule has 0 atom stereocenters. The van der Waals surface area contributed by atoms with Gasteiger partial charge in [-0.2, -0.15) is 0 Å². The first-order chi connectivity index (χ1) is 10.0. The standard InChI is InChI=1S/C14H18F2N2O3/c1-21-12(19)8-3-2-4-9-17-14(20)18-13-10(15)6-5-7-11(13)16/h5-7H,2-4,8-9H2,1H3,(H2,17,18,20). The Morgan fingerprint density at radius 2 is 1.81 bits per heavy atom. The van der Waals surface area contributed by atoms with Crippen LogP contribution in [-0.4, -0.2) is 25.7 Å². The average molecular weight is 300 g/mol. The van der Waals surface area contributed by atoms with Gasteiger partial charge in [0.1, 0.15) is 17.3 Å². The van der Waals surface area contributed by atoms with Crippen molar-refractivity contribution in [1.29, 1.82) is 0 Å². The molecule has 0 saturated carbocycles. The Balaban J connectivity index is 2.21. The fraction of sp³-hybridized carbons (Fsp3) is 0.429. The van der Waals surface area contributed by atoms with E-state index in [0.717, 1.165) is 18.6 Å². The van der Waals surface area contributed by atoms with Crippen LogP contribution in [0.4, 0.5) is 19.3 Å². The lowest BCUT2D eigenvalue weighted by Crippen LogP contribution is -2.30. The lowest BCUT2D eigenvalue weighted by Gasteiger charge is -2.09. The first kappa shape index (κ1) is 16.9. The monoisotopic (exact) mass is 300 g/mol. The number of nitrogens with one attached hydrogen (secondary N) is 2. The second-order valence-electron chi connectivity index (χ2n) is 4.36. The van der Waals surface area contributed by atoms with E-state index in [2.05, 4.69) is 15.4 Å². The third-order valence-corrected chi connectivity index (χ3v) is 2.77. The molecule has 1 rings (SSSR count). The highest BCUT2D eigenvalue weighted by Gasteiger charge is 2.11.